The van der Waals surface area contributed by atoms with Crippen molar-refractivity contribution in [2.75, 3.05) is 0 Å². The first-order valence-electron chi connectivity index (χ1n) is 3.63. The molecular weight excluding hydrogens is 259 g/mol. The molecule has 0 fully saturated rings. The van der Waals surface area contributed by atoms with Crippen LogP contribution in [-0.4, -0.2) is 6.61 Å². The summed E-state index contributed by atoms with van der Waals surface area (Å²) in [5.41, 5.74) is -0.452. The summed E-state index contributed by atoms with van der Waals surface area (Å²) in [6, 6.07) is 1.66. The number of alkyl halides is 4. The lowest BCUT2D eigenvalue weighted by Crippen LogP contribution is -2.03. The maximum atomic E-state index is 12.2. The Bertz CT molecular complexity index is 333. The van der Waals surface area contributed by atoms with E-state index in [4.69, 9.17) is 23.2 Å². The topological polar surface area (TPSA) is 9.23 Å². The molecule has 0 saturated heterocycles. The fraction of sp³-hybridized carbons (Fsp3) is 0.250. The second-order valence-electron chi connectivity index (χ2n) is 2.49. The Hall–Kier alpha value is -0.680. The first-order valence-corrected chi connectivity index (χ1v) is 4.39. The lowest BCUT2D eigenvalue weighted by molar-refractivity contribution is -0.0497. The SMILES string of the molecule is FC(F)Oc1c(Cl)cc(C(F)F)cc1Cl. The molecule has 0 N–H and O–H groups in total. The van der Waals surface area contributed by atoms with Gasteiger partial charge in [0.05, 0.1) is 10.0 Å². The van der Waals surface area contributed by atoms with Gasteiger partial charge in [-0.05, 0) is 12.1 Å². The summed E-state index contributed by atoms with van der Waals surface area (Å²) in [4.78, 5) is 0. The second kappa shape index (κ2) is 4.90. The van der Waals surface area contributed by atoms with E-state index in [2.05, 4.69) is 4.74 Å². The Balaban J connectivity index is 3.10. The molecule has 0 radical (unpaired) electrons. The van der Waals surface area contributed by atoms with Gasteiger partial charge in [-0.15, -0.1) is 0 Å². The van der Waals surface area contributed by atoms with E-state index in [9.17, 15) is 17.6 Å². The van der Waals surface area contributed by atoms with Gasteiger partial charge < -0.3 is 4.74 Å². The molecule has 0 spiro atoms. The highest BCUT2D eigenvalue weighted by molar-refractivity contribution is 6.37. The first-order chi connectivity index (χ1) is 6.91. The minimum absolute atomic E-state index is 0.377. The van der Waals surface area contributed by atoms with Crippen LogP contribution < -0.4 is 4.74 Å². The molecule has 1 nitrogen and oxygen atoms in total. The van der Waals surface area contributed by atoms with Crippen LogP contribution in [0.2, 0.25) is 10.0 Å². The predicted octanol–water partition coefficient (Wildman–Crippen LogP) is 4.53. The van der Waals surface area contributed by atoms with Crippen molar-refractivity contribution in [2.45, 2.75) is 13.0 Å². The molecule has 7 heteroatoms. The van der Waals surface area contributed by atoms with Crippen LogP contribution in [0.1, 0.15) is 12.0 Å². The standard InChI is InChI=1S/C8H4Cl2F4O/c9-4-1-3(7(11)12)2-5(10)6(4)15-8(13)14/h1-2,7-8H. The van der Waals surface area contributed by atoms with E-state index < -0.39 is 24.3 Å². The molecule has 0 aliphatic rings. The summed E-state index contributed by atoms with van der Waals surface area (Å²) in [6.07, 6.45) is -2.78. The molecule has 0 aliphatic heterocycles. The highest BCUT2D eigenvalue weighted by atomic mass is 35.5. The molecule has 0 unspecified atom stereocenters. The maximum absolute atomic E-state index is 12.2. The van der Waals surface area contributed by atoms with Crippen LogP contribution in [0.4, 0.5) is 17.6 Å². The molecule has 0 bridgehead atoms. The van der Waals surface area contributed by atoms with Crippen LogP contribution in [0, 0.1) is 0 Å². The van der Waals surface area contributed by atoms with Crippen molar-refractivity contribution in [3.05, 3.63) is 27.7 Å². The Labute approximate surface area is 92.5 Å². The quantitative estimate of drug-likeness (QED) is 0.728. The average Bonchev–Trinajstić information content (AvgIpc) is 2.10. The fourth-order valence-electron chi connectivity index (χ4n) is 0.907. The van der Waals surface area contributed by atoms with Crippen molar-refractivity contribution in [3.8, 4) is 5.75 Å². The number of rotatable bonds is 3. The zero-order valence-electron chi connectivity index (χ0n) is 6.99. The van der Waals surface area contributed by atoms with Gasteiger partial charge in [0.1, 0.15) is 0 Å². The molecule has 1 aromatic rings. The smallest absolute Gasteiger partial charge is 0.387 e. The van der Waals surface area contributed by atoms with Crippen LogP contribution in [0.5, 0.6) is 5.75 Å². The van der Waals surface area contributed by atoms with Gasteiger partial charge in [0, 0.05) is 5.56 Å². The molecule has 15 heavy (non-hydrogen) atoms. The monoisotopic (exact) mass is 262 g/mol. The summed E-state index contributed by atoms with van der Waals surface area (Å²) in [5.74, 6) is -0.502. The number of hydrogen-bond donors (Lipinski definition) is 0. The number of hydrogen-bond acceptors (Lipinski definition) is 1. The molecule has 0 atom stereocenters. The minimum atomic E-state index is -3.11. The van der Waals surface area contributed by atoms with E-state index in [0.29, 0.717) is 0 Å². The van der Waals surface area contributed by atoms with E-state index in [-0.39, 0.29) is 10.0 Å². The molecule has 0 aliphatic carbocycles. The van der Waals surface area contributed by atoms with Crippen molar-refractivity contribution >= 4 is 23.2 Å². The largest absolute Gasteiger partial charge is 0.432 e. The third-order valence-electron chi connectivity index (χ3n) is 1.48. The molecule has 1 aromatic carbocycles. The van der Waals surface area contributed by atoms with Gasteiger partial charge >= 0.3 is 6.61 Å². The maximum Gasteiger partial charge on any atom is 0.387 e. The minimum Gasteiger partial charge on any atom is -0.432 e. The summed E-state index contributed by atoms with van der Waals surface area (Å²) in [7, 11) is 0. The van der Waals surface area contributed by atoms with E-state index in [0.717, 1.165) is 12.1 Å². The molecule has 1 rings (SSSR count). The summed E-state index contributed by atoms with van der Waals surface area (Å²) in [5, 5.41) is -0.754. The number of ether oxygens (including phenoxy) is 1. The van der Waals surface area contributed by atoms with E-state index in [1.807, 2.05) is 0 Å². The number of halogens is 6. The summed E-state index contributed by atoms with van der Waals surface area (Å²) in [6.45, 7) is -3.11. The highest BCUT2D eigenvalue weighted by Gasteiger charge is 2.17. The van der Waals surface area contributed by atoms with E-state index in [1.165, 1.54) is 0 Å². The Morgan fingerprint density at radius 2 is 1.47 bits per heavy atom. The first kappa shape index (κ1) is 12.4. The third kappa shape index (κ3) is 3.14. The predicted molar refractivity (Wildman–Crippen MR) is 48.1 cm³/mol. The zero-order valence-corrected chi connectivity index (χ0v) is 8.50. The Morgan fingerprint density at radius 3 is 1.80 bits per heavy atom. The van der Waals surface area contributed by atoms with Crippen molar-refractivity contribution in [1.29, 1.82) is 0 Å². The highest BCUT2D eigenvalue weighted by Crippen LogP contribution is 2.37. The molecule has 0 heterocycles. The van der Waals surface area contributed by atoms with Crippen molar-refractivity contribution in [3.63, 3.8) is 0 Å². The van der Waals surface area contributed by atoms with E-state index >= 15 is 0 Å². The van der Waals surface area contributed by atoms with Crippen LogP contribution in [0.25, 0.3) is 0 Å². The molecule has 0 saturated carbocycles. The van der Waals surface area contributed by atoms with Gasteiger partial charge in [-0.2, -0.15) is 8.78 Å². The van der Waals surface area contributed by atoms with Crippen LogP contribution in [-0.2, 0) is 0 Å². The van der Waals surface area contributed by atoms with Gasteiger partial charge in [0.15, 0.2) is 5.75 Å². The van der Waals surface area contributed by atoms with Crippen LogP contribution in [0.15, 0.2) is 12.1 Å². The molecule has 0 aromatic heterocycles. The normalized spacial score (nSPS) is 11.2. The Kier molecular flexibility index (Phi) is 4.04. The van der Waals surface area contributed by atoms with Crippen molar-refractivity contribution in [1.82, 2.24) is 0 Å². The fourth-order valence-corrected chi connectivity index (χ4v) is 1.50. The zero-order chi connectivity index (χ0) is 11.6. The van der Waals surface area contributed by atoms with Crippen molar-refractivity contribution < 1.29 is 22.3 Å². The van der Waals surface area contributed by atoms with Crippen LogP contribution in [0.3, 0.4) is 0 Å². The lowest BCUT2D eigenvalue weighted by Gasteiger charge is -2.10. The summed E-state index contributed by atoms with van der Waals surface area (Å²) < 4.78 is 52.1. The van der Waals surface area contributed by atoms with Gasteiger partial charge in [0.25, 0.3) is 6.43 Å². The second-order valence-corrected chi connectivity index (χ2v) is 3.31. The van der Waals surface area contributed by atoms with Gasteiger partial charge in [-0.1, -0.05) is 23.2 Å². The lowest BCUT2D eigenvalue weighted by atomic mass is 10.2. The summed E-state index contributed by atoms with van der Waals surface area (Å²) >= 11 is 10.9. The molecule has 0 amide bonds. The van der Waals surface area contributed by atoms with Crippen LogP contribution >= 0.6 is 23.2 Å². The van der Waals surface area contributed by atoms with E-state index in [1.54, 1.807) is 0 Å². The number of benzene rings is 1. The average molecular weight is 263 g/mol. The van der Waals surface area contributed by atoms with Gasteiger partial charge in [-0.25, -0.2) is 8.78 Å². The molecular formula is C8H4Cl2F4O. The molecule has 84 valence electrons. The third-order valence-corrected chi connectivity index (χ3v) is 2.04. The van der Waals surface area contributed by atoms with Crippen molar-refractivity contribution in [2.24, 2.45) is 0 Å². The van der Waals surface area contributed by atoms with Gasteiger partial charge in [0.2, 0.25) is 0 Å². The Morgan fingerprint density at radius 1 is 1.00 bits per heavy atom. The van der Waals surface area contributed by atoms with Gasteiger partial charge in [-0.3, -0.25) is 0 Å².